The third-order valence-electron chi connectivity index (χ3n) is 3.56. The average Bonchev–Trinajstić information content (AvgIpc) is 2.42. The van der Waals surface area contributed by atoms with E-state index in [1.807, 2.05) is 12.1 Å². The second-order valence-electron chi connectivity index (χ2n) is 4.99. The minimum Gasteiger partial charge on any atom is -0.550 e. The molecule has 114 valence electrons. The van der Waals surface area contributed by atoms with E-state index in [0.717, 1.165) is 10.7 Å². The molecule has 0 atom stereocenters. The molecular weight excluding hydrogens is 613 g/mol. The highest BCUT2D eigenvalue weighted by Crippen LogP contribution is 2.33. The van der Waals surface area contributed by atoms with Crippen LogP contribution in [0.25, 0.3) is 0 Å². The van der Waals surface area contributed by atoms with Crippen LogP contribution in [0, 0.1) is 22.5 Å². The van der Waals surface area contributed by atoms with Crippen molar-refractivity contribution >= 4 is 79.7 Å². The topological polar surface area (TPSA) is 66.4 Å². The molecule has 0 heterocycles. The van der Waals surface area contributed by atoms with E-state index in [-0.39, 0.29) is 11.9 Å². The van der Waals surface area contributed by atoms with Crippen LogP contribution in [0.4, 0.5) is 0 Å². The third-order valence-corrected chi connectivity index (χ3v) is 5.78. The van der Waals surface area contributed by atoms with Gasteiger partial charge in [0.1, 0.15) is 0 Å². The second-order valence-corrected chi connectivity index (χ2v) is 8.56. The molecule has 0 bridgehead atoms. The Kier molecular flexibility index (Phi) is 6.53. The van der Waals surface area contributed by atoms with Crippen molar-refractivity contribution in [2.75, 3.05) is 0 Å². The van der Waals surface area contributed by atoms with Gasteiger partial charge in [-0.15, -0.1) is 0 Å². The number of carboxylic acids is 1. The van der Waals surface area contributed by atoms with Gasteiger partial charge in [-0.05, 0) is 112 Å². The van der Waals surface area contributed by atoms with Crippen molar-refractivity contribution in [3.63, 3.8) is 0 Å². The zero-order valence-electron chi connectivity index (χ0n) is 10.9. The monoisotopic (exact) mass is 625 g/mol. The first-order valence-electron chi connectivity index (χ1n) is 6.45. The van der Waals surface area contributed by atoms with E-state index in [4.69, 9.17) is 4.74 Å². The quantitative estimate of drug-likeness (QED) is 0.295. The predicted octanol–water partition coefficient (Wildman–Crippen LogP) is 2.96. The van der Waals surface area contributed by atoms with Crippen molar-refractivity contribution in [2.24, 2.45) is 11.8 Å². The van der Waals surface area contributed by atoms with E-state index >= 15 is 0 Å². The Balaban J connectivity index is 2.01. The van der Waals surface area contributed by atoms with Gasteiger partial charge in [-0.25, -0.2) is 0 Å². The van der Waals surface area contributed by atoms with Crippen LogP contribution in [0.5, 0.6) is 5.75 Å². The molecule has 0 spiro atoms. The lowest BCUT2D eigenvalue weighted by atomic mass is 9.82. The Morgan fingerprint density at radius 1 is 1.00 bits per heavy atom. The number of carbonyl (C=O) groups is 2. The molecule has 0 unspecified atom stereocenters. The van der Waals surface area contributed by atoms with E-state index in [2.05, 4.69) is 67.8 Å². The maximum absolute atomic E-state index is 12.2. The molecule has 1 aliphatic carbocycles. The second kappa shape index (κ2) is 7.75. The lowest BCUT2D eigenvalue weighted by molar-refractivity contribution is -0.312. The third kappa shape index (κ3) is 4.66. The highest BCUT2D eigenvalue weighted by molar-refractivity contribution is 14.1. The SMILES string of the molecule is O=C([O-])C1CCC(C(=O)Oc2c(I)cc(I)cc2I)CC1. The number of carboxylic acid groups (broad SMARTS) is 1. The molecule has 1 aromatic rings. The molecule has 2 rings (SSSR count). The fourth-order valence-electron chi connectivity index (χ4n) is 2.38. The molecule has 0 aromatic heterocycles. The summed E-state index contributed by atoms with van der Waals surface area (Å²) in [6.07, 6.45) is 2.08. The molecule has 4 nitrogen and oxygen atoms in total. The van der Waals surface area contributed by atoms with Gasteiger partial charge in [-0.3, -0.25) is 4.79 Å². The molecule has 0 aliphatic heterocycles. The van der Waals surface area contributed by atoms with E-state index in [1.54, 1.807) is 0 Å². The number of esters is 1. The average molecular weight is 625 g/mol. The summed E-state index contributed by atoms with van der Waals surface area (Å²) >= 11 is 6.53. The van der Waals surface area contributed by atoms with Gasteiger partial charge in [-0.2, -0.15) is 0 Å². The van der Waals surface area contributed by atoms with Crippen molar-refractivity contribution in [3.8, 4) is 5.75 Å². The minimum atomic E-state index is -1.01. The van der Waals surface area contributed by atoms with E-state index < -0.39 is 11.9 Å². The number of benzene rings is 1. The van der Waals surface area contributed by atoms with Crippen molar-refractivity contribution in [1.29, 1.82) is 0 Å². The highest BCUT2D eigenvalue weighted by Gasteiger charge is 2.29. The maximum Gasteiger partial charge on any atom is 0.314 e. The van der Waals surface area contributed by atoms with E-state index in [9.17, 15) is 14.7 Å². The molecule has 1 saturated carbocycles. The summed E-state index contributed by atoms with van der Waals surface area (Å²) < 4.78 is 8.45. The number of aliphatic carboxylic acids is 1. The van der Waals surface area contributed by atoms with E-state index in [0.29, 0.717) is 31.4 Å². The predicted molar refractivity (Wildman–Crippen MR) is 101 cm³/mol. The van der Waals surface area contributed by atoms with Crippen LogP contribution in [0.2, 0.25) is 0 Å². The van der Waals surface area contributed by atoms with Gasteiger partial charge in [0.2, 0.25) is 0 Å². The maximum atomic E-state index is 12.2. The molecule has 0 amide bonds. The Bertz CT molecular complexity index is 542. The zero-order valence-corrected chi connectivity index (χ0v) is 17.4. The smallest absolute Gasteiger partial charge is 0.314 e. The lowest BCUT2D eigenvalue weighted by Crippen LogP contribution is -2.35. The molecule has 7 heteroatoms. The number of carbonyl (C=O) groups excluding carboxylic acids is 2. The fraction of sp³-hybridized carbons (Fsp3) is 0.429. The van der Waals surface area contributed by atoms with Gasteiger partial charge in [0.15, 0.2) is 5.75 Å². The highest BCUT2D eigenvalue weighted by atomic mass is 127. The van der Waals surface area contributed by atoms with Crippen molar-refractivity contribution in [3.05, 3.63) is 22.8 Å². The van der Waals surface area contributed by atoms with Crippen LogP contribution in [-0.4, -0.2) is 11.9 Å². The van der Waals surface area contributed by atoms with Crippen LogP contribution in [0.15, 0.2) is 12.1 Å². The van der Waals surface area contributed by atoms with Crippen LogP contribution >= 0.6 is 67.8 Å². The Morgan fingerprint density at radius 3 is 1.95 bits per heavy atom. The summed E-state index contributed by atoms with van der Waals surface area (Å²) in [5.74, 6) is -1.31. The molecule has 1 fully saturated rings. The Labute approximate surface area is 163 Å². The van der Waals surface area contributed by atoms with Crippen molar-refractivity contribution < 1.29 is 19.4 Å². The number of hydrogen-bond acceptors (Lipinski definition) is 4. The summed E-state index contributed by atoms with van der Waals surface area (Å²) in [5, 5.41) is 10.8. The fourth-order valence-corrected chi connectivity index (χ4v) is 6.18. The number of ether oxygens (including phenoxy) is 1. The summed E-state index contributed by atoms with van der Waals surface area (Å²) in [6, 6.07) is 3.91. The standard InChI is InChI=1S/C14H13I3O4/c15-9-5-10(16)12(11(17)6-9)21-14(20)8-3-1-7(2-4-8)13(18)19/h5-8H,1-4H2,(H,18,19)/p-1. The molecule has 0 saturated heterocycles. The molecule has 1 aliphatic rings. The van der Waals surface area contributed by atoms with Gasteiger partial charge in [0.25, 0.3) is 0 Å². The van der Waals surface area contributed by atoms with Gasteiger partial charge >= 0.3 is 5.97 Å². The Hall–Kier alpha value is 0.350. The molecule has 21 heavy (non-hydrogen) atoms. The van der Waals surface area contributed by atoms with Crippen LogP contribution < -0.4 is 9.84 Å². The van der Waals surface area contributed by atoms with Gasteiger partial charge < -0.3 is 14.6 Å². The van der Waals surface area contributed by atoms with Crippen LogP contribution in [-0.2, 0) is 9.59 Å². The first-order valence-corrected chi connectivity index (χ1v) is 9.69. The molecule has 1 aromatic carbocycles. The summed E-state index contributed by atoms with van der Waals surface area (Å²) in [4.78, 5) is 23.1. The Morgan fingerprint density at radius 2 is 1.48 bits per heavy atom. The van der Waals surface area contributed by atoms with Gasteiger partial charge in [-0.1, -0.05) is 0 Å². The molecule has 0 radical (unpaired) electrons. The number of halogens is 3. The van der Waals surface area contributed by atoms with Crippen LogP contribution in [0.3, 0.4) is 0 Å². The normalized spacial score (nSPS) is 21.9. The first kappa shape index (κ1) is 17.7. The van der Waals surface area contributed by atoms with Crippen LogP contribution in [0.1, 0.15) is 25.7 Å². The lowest BCUT2D eigenvalue weighted by Gasteiger charge is -2.27. The number of hydrogen-bond donors (Lipinski definition) is 0. The summed E-state index contributed by atoms with van der Waals surface area (Å²) in [6.45, 7) is 0. The summed E-state index contributed by atoms with van der Waals surface area (Å²) in [5.41, 5.74) is 0. The van der Waals surface area contributed by atoms with E-state index in [1.165, 1.54) is 0 Å². The zero-order chi connectivity index (χ0) is 15.6. The van der Waals surface area contributed by atoms with Gasteiger partial charge in [0, 0.05) is 9.54 Å². The van der Waals surface area contributed by atoms with Gasteiger partial charge in [0.05, 0.1) is 13.1 Å². The largest absolute Gasteiger partial charge is 0.550 e. The first-order chi connectivity index (χ1) is 9.88. The molecule has 0 N–H and O–H groups in total. The molecular formula is C14H12I3O4-. The number of rotatable bonds is 3. The minimum absolute atomic E-state index is 0.216. The van der Waals surface area contributed by atoms with Crippen molar-refractivity contribution in [1.82, 2.24) is 0 Å². The summed E-state index contributed by atoms with van der Waals surface area (Å²) in [7, 11) is 0. The van der Waals surface area contributed by atoms with Crippen molar-refractivity contribution in [2.45, 2.75) is 25.7 Å².